The van der Waals surface area contributed by atoms with E-state index in [0.717, 1.165) is 71.9 Å². The fourth-order valence-corrected chi connectivity index (χ4v) is 6.17. The number of furan rings is 1. The lowest BCUT2D eigenvalue weighted by molar-refractivity contribution is 0.669. The van der Waals surface area contributed by atoms with Crippen LogP contribution in [-0.4, -0.2) is 19.9 Å². The van der Waals surface area contributed by atoms with Crippen molar-refractivity contribution in [1.82, 2.24) is 19.9 Å². The van der Waals surface area contributed by atoms with E-state index in [4.69, 9.17) is 24.4 Å². The Labute approximate surface area is 270 Å². The molecule has 0 unspecified atom stereocenters. The SMILES string of the molecule is c1ccc(-c2ccc(-c3nc(-c4ccccc4)nc(-c4cc(-c5ccccc5)cc5oc6cc7ccccc7nc6c45)n3)cc2)cc1. The van der Waals surface area contributed by atoms with Crippen LogP contribution in [0.3, 0.4) is 0 Å². The maximum atomic E-state index is 6.54. The molecule has 47 heavy (non-hydrogen) atoms. The summed E-state index contributed by atoms with van der Waals surface area (Å²) in [5, 5.41) is 1.90. The lowest BCUT2D eigenvalue weighted by atomic mass is 9.99. The molecule has 9 rings (SSSR count). The molecule has 0 N–H and O–H groups in total. The van der Waals surface area contributed by atoms with E-state index in [2.05, 4.69) is 84.9 Å². The zero-order valence-corrected chi connectivity index (χ0v) is 25.2. The largest absolute Gasteiger partial charge is 0.454 e. The smallest absolute Gasteiger partial charge is 0.164 e. The molecule has 0 amide bonds. The summed E-state index contributed by atoms with van der Waals surface area (Å²) in [6, 6.07) is 53.5. The summed E-state index contributed by atoms with van der Waals surface area (Å²) in [6.45, 7) is 0. The highest BCUT2D eigenvalue weighted by Gasteiger charge is 2.21. The Balaban J connectivity index is 1.31. The molecule has 0 saturated heterocycles. The third-order valence-electron chi connectivity index (χ3n) is 8.51. The zero-order chi connectivity index (χ0) is 31.2. The van der Waals surface area contributed by atoms with Gasteiger partial charge < -0.3 is 4.42 Å². The van der Waals surface area contributed by atoms with Gasteiger partial charge in [0.2, 0.25) is 0 Å². The average molecular weight is 603 g/mol. The quantitative estimate of drug-likeness (QED) is 0.196. The van der Waals surface area contributed by atoms with E-state index in [1.165, 1.54) is 0 Å². The van der Waals surface area contributed by atoms with Crippen LogP contribution < -0.4 is 0 Å². The van der Waals surface area contributed by atoms with Gasteiger partial charge in [0.15, 0.2) is 23.1 Å². The number of benzene rings is 6. The van der Waals surface area contributed by atoms with Gasteiger partial charge in [0, 0.05) is 22.1 Å². The number of rotatable bonds is 5. The Morgan fingerprint density at radius 1 is 0.362 bits per heavy atom. The van der Waals surface area contributed by atoms with E-state index in [-0.39, 0.29) is 0 Å². The number of hydrogen-bond donors (Lipinski definition) is 0. The molecule has 5 nitrogen and oxygen atoms in total. The van der Waals surface area contributed by atoms with Crippen molar-refractivity contribution >= 4 is 33.0 Å². The molecule has 0 spiro atoms. The first-order valence-electron chi connectivity index (χ1n) is 15.6. The Bertz CT molecular complexity index is 2540. The minimum absolute atomic E-state index is 0.557. The molecule has 5 heteroatoms. The van der Waals surface area contributed by atoms with Gasteiger partial charge in [0.1, 0.15) is 11.1 Å². The monoisotopic (exact) mass is 602 g/mol. The first-order valence-corrected chi connectivity index (χ1v) is 15.6. The van der Waals surface area contributed by atoms with Crippen LogP contribution in [0.15, 0.2) is 162 Å². The zero-order valence-electron chi connectivity index (χ0n) is 25.2. The Morgan fingerprint density at radius 2 is 0.872 bits per heavy atom. The molecule has 0 fully saturated rings. The maximum absolute atomic E-state index is 6.54. The molecular weight excluding hydrogens is 576 g/mol. The number of aromatic nitrogens is 4. The Morgan fingerprint density at radius 3 is 1.55 bits per heavy atom. The fourth-order valence-electron chi connectivity index (χ4n) is 6.17. The Hall–Kier alpha value is -6.46. The van der Waals surface area contributed by atoms with Gasteiger partial charge in [-0.25, -0.2) is 19.9 Å². The number of nitrogens with zero attached hydrogens (tertiary/aromatic N) is 4. The van der Waals surface area contributed by atoms with Crippen molar-refractivity contribution < 1.29 is 4.42 Å². The number of para-hydroxylation sites is 1. The highest BCUT2D eigenvalue weighted by Crippen LogP contribution is 2.40. The van der Waals surface area contributed by atoms with Crippen molar-refractivity contribution in [2.45, 2.75) is 0 Å². The molecule has 0 radical (unpaired) electrons. The molecule has 6 aromatic carbocycles. The molecule has 0 atom stereocenters. The van der Waals surface area contributed by atoms with Crippen molar-refractivity contribution in [1.29, 1.82) is 0 Å². The Kier molecular flexibility index (Phi) is 6.39. The standard InChI is InChI=1S/C42H26N4O/c1-4-12-27(13-5-1)29-20-22-31(23-21-29)41-44-40(30-16-8-3-9-17-30)45-42(46-41)34-24-33(28-14-6-2-7-15-28)26-36-38(34)39-37(47-36)25-32-18-10-11-19-35(32)43-39/h1-26H. The van der Waals surface area contributed by atoms with Crippen molar-refractivity contribution in [3.05, 3.63) is 158 Å². The predicted octanol–water partition coefficient (Wildman–Crippen LogP) is 10.7. The third kappa shape index (κ3) is 4.91. The first-order chi connectivity index (χ1) is 23.3. The van der Waals surface area contributed by atoms with Crippen LogP contribution >= 0.6 is 0 Å². The third-order valence-corrected chi connectivity index (χ3v) is 8.51. The molecule has 3 aromatic heterocycles. The van der Waals surface area contributed by atoms with E-state index in [1.807, 2.05) is 72.8 Å². The summed E-state index contributed by atoms with van der Waals surface area (Å²) in [4.78, 5) is 20.3. The van der Waals surface area contributed by atoms with Gasteiger partial charge in [-0.05, 0) is 46.5 Å². The maximum Gasteiger partial charge on any atom is 0.164 e. The van der Waals surface area contributed by atoms with Crippen LogP contribution in [0, 0.1) is 0 Å². The van der Waals surface area contributed by atoms with E-state index >= 15 is 0 Å². The molecule has 0 saturated carbocycles. The van der Waals surface area contributed by atoms with Crippen LogP contribution in [0.5, 0.6) is 0 Å². The summed E-state index contributed by atoms with van der Waals surface area (Å²) < 4.78 is 6.54. The number of fused-ring (bicyclic) bond motifs is 4. The van der Waals surface area contributed by atoms with E-state index < -0.39 is 0 Å². The van der Waals surface area contributed by atoms with Crippen LogP contribution in [0.2, 0.25) is 0 Å². The van der Waals surface area contributed by atoms with Crippen molar-refractivity contribution in [3.8, 4) is 56.4 Å². The van der Waals surface area contributed by atoms with Gasteiger partial charge in [-0.15, -0.1) is 0 Å². The number of hydrogen-bond acceptors (Lipinski definition) is 5. The second-order valence-corrected chi connectivity index (χ2v) is 11.5. The summed E-state index contributed by atoms with van der Waals surface area (Å²) in [5.41, 5.74) is 10.2. The molecule has 0 aliphatic heterocycles. The second kappa shape index (κ2) is 11.2. The van der Waals surface area contributed by atoms with Crippen LogP contribution in [0.25, 0.3) is 89.4 Å². The van der Waals surface area contributed by atoms with Gasteiger partial charge in [0.25, 0.3) is 0 Å². The summed E-state index contributed by atoms with van der Waals surface area (Å²) in [7, 11) is 0. The summed E-state index contributed by atoms with van der Waals surface area (Å²) in [6.07, 6.45) is 0. The minimum Gasteiger partial charge on any atom is -0.454 e. The van der Waals surface area contributed by atoms with E-state index in [9.17, 15) is 0 Å². The van der Waals surface area contributed by atoms with Crippen molar-refractivity contribution in [3.63, 3.8) is 0 Å². The lowest BCUT2D eigenvalue weighted by Crippen LogP contribution is -2.01. The average Bonchev–Trinajstić information content (AvgIpc) is 3.51. The molecule has 3 heterocycles. The van der Waals surface area contributed by atoms with Gasteiger partial charge >= 0.3 is 0 Å². The minimum atomic E-state index is 0.557. The summed E-state index contributed by atoms with van der Waals surface area (Å²) >= 11 is 0. The topological polar surface area (TPSA) is 64.7 Å². The molecule has 0 aliphatic rings. The van der Waals surface area contributed by atoms with Crippen molar-refractivity contribution in [2.75, 3.05) is 0 Å². The highest BCUT2D eigenvalue weighted by atomic mass is 16.3. The van der Waals surface area contributed by atoms with Gasteiger partial charge in [0.05, 0.1) is 10.9 Å². The van der Waals surface area contributed by atoms with Crippen LogP contribution in [0.4, 0.5) is 0 Å². The van der Waals surface area contributed by atoms with Crippen molar-refractivity contribution in [2.24, 2.45) is 0 Å². The van der Waals surface area contributed by atoms with Crippen LogP contribution in [0.1, 0.15) is 0 Å². The normalized spacial score (nSPS) is 11.4. The molecule has 0 bridgehead atoms. The van der Waals surface area contributed by atoms with Gasteiger partial charge in [-0.3, -0.25) is 0 Å². The van der Waals surface area contributed by atoms with E-state index in [1.54, 1.807) is 0 Å². The lowest BCUT2D eigenvalue weighted by Gasteiger charge is -2.11. The summed E-state index contributed by atoms with van der Waals surface area (Å²) in [5.74, 6) is 1.75. The second-order valence-electron chi connectivity index (χ2n) is 11.5. The fraction of sp³-hybridized carbons (Fsp3) is 0. The van der Waals surface area contributed by atoms with E-state index in [0.29, 0.717) is 17.5 Å². The number of pyridine rings is 1. The highest BCUT2D eigenvalue weighted by molar-refractivity contribution is 6.13. The molecule has 220 valence electrons. The molecule has 9 aromatic rings. The first kappa shape index (κ1) is 26.9. The molecular formula is C42H26N4O. The van der Waals surface area contributed by atoms with Gasteiger partial charge in [-0.1, -0.05) is 133 Å². The van der Waals surface area contributed by atoms with Crippen LogP contribution in [-0.2, 0) is 0 Å². The predicted molar refractivity (Wildman–Crippen MR) is 190 cm³/mol. The molecule has 0 aliphatic carbocycles. The van der Waals surface area contributed by atoms with Gasteiger partial charge in [-0.2, -0.15) is 0 Å².